The van der Waals surface area contributed by atoms with Crippen molar-refractivity contribution in [3.05, 3.63) is 61.6 Å². The van der Waals surface area contributed by atoms with E-state index in [-0.39, 0.29) is 17.5 Å². The molecule has 2 aromatic heterocycles. The number of nitrogens with one attached hydrogen (secondary N) is 2. The van der Waals surface area contributed by atoms with Gasteiger partial charge in [-0.2, -0.15) is 5.10 Å². The first kappa shape index (κ1) is 20.8. The van der Waals surface area contributed by atoms with Crippen molar-refractivity contribution in [2.45, 2.75) is 65.0 Å². The normalized spacial score (nSPS) is 14.5. The van der Waals surface area contributed by atoms with Crippen molar-refractivity contribution in [1.29, 1.82) is 0 Å². The molecule has 3 aromatic rings. The molecule has 0 spiro atoms. The maximum Gasteiger partial charge on any atom is 0.255 e. The number of halogens is 1. The van der Waals surface area contributed by atoms with Crippen molar-refractivity contribution in [2.75, 3.05) is 0 Å². The predicted molar refractivity (Wildman–Crippen MR) is 122 cm³/mol. The second-order valence-electron chi connectivity index (χ2n) is 8.19. The zero-order valence-electron chi connectivity index (χ0n) is 17.4. The number of H-pyrrole nitrogens is 2. The number of amides is 1. The number of rotatable bonds is 6. The van der Waals surface area contributed by atoms with Crippen LogP contribution in [-0.4, -0.2) is 32.0 Å². The third kappa shape index (κ3) is 4.08. The van der Waals surface area contributed by atoms with E-state index in [1.54, 1.807) is 6.20 Å². The number of pyridine rings is 1. The largest absolute Gasteiger partial charge is 0.331 e. The van der Waals surface area contributed by atoms with Crippen LogP contribution in [0.15, 0.2) is 33.7 Å². The molecular weight excluding hydrogens is 444 g/mol. The third-order valence-corrected chi connectivity index (χ3v) is 6.45. The second-order valence-corrected chi connectivity index (χ2v) is 9.11. The van der Waals surface area contributed by atoms with Crippen molar-refractivity contribution in [1.82, 2.24) is 20.1 Å². The minimum absolute atomic E-state index is 0.0444. The highest BCUT2D eigenvalue weighted by Crippen LogP contribution is 2.30. The van der Waals surface area contributed by atoms with Gasteiger partial charge in [-0.25, -0.2) is 0 Å². The van der Waals surface area contributed by atoms with Crippen LogP contribution >= 0.6 is 15.9 Å². The first-order valence-electron chi connectivity index (χ1n) is 10.6. The van der Waals surface area contributed by atoms with Gasteiger partial charge in [0.2, 0.25) is 0 Å². The van der Waals surface area contributed by atoms with Gasteiger partial charge in [-0.05, 0) is 49.9 Å². The molecular formula is C23H27BrN4O2. The van der Waals surface area contributed by atoms with Gasteiger partial charge in [0.05, 0.1) is 23.8 Å². The highest BCUT2D eigenvalue weighted by molar-refractivity contribution is 9.10. The zero-order valence-corrected chi connectivity index (χ0v) is 19.0. The van der Waals surface area contributed by atoms with Gasteiger partial charge in [0.15, 0.2) is 0 Å². The Morgan fingerprint density at radius 2 is 2.03 bits per heavy atom. The lowest BCUT2D eigenvalue weighted by molar-refractivity contribution is 0.0665. The minimum Gasteiger partial charge on any atom is -0.331 e. The fraction of sp³-hybridized carbons (Fsp3) is 0.435. The molecule has 0 aliphatic heterocycles. The van der Waals surface area contributed by atoms with E-state index in [4.69, 9.17) is 0 Å². The predicted octanol–water partition coefficient (Wildman–Crippen LogP) is 4.86. The average molecular weight is 471 g/mol. The third-order valence-electron chi connectivity index (χ3n) is 5.99. The monoisotopic (exact) mass is 470 g/mol. The van der Waals surface area contributed by atoms with E-state index < -0.39 is 0 Å². The minimum atomic E-state index is -0.0862. The van der Waals surface area contributed by atoms with Crippen molar-refractivity contribution in [3.63, 3.8) is 0 Å². The van der Waals surface area contributed by atoms with Crippen molar-refractivity contribution in [2.24, 2.45) is 0 Å². The molecule has 0 unspecified atom stereocenters. The number of fused-ring (bicyclic) bond motifs is 1. The lowest BCUT2D eigenvalue weighted by Crippen LogP contribution is -2.40. The number of nitrogens with zero attached hydrogens (tertiary/aromatic N) is 2. The molecule has 1 aromatic carbocycles. The van der Waals surface area contributed by atoms with Crippen LogP contribution in [0, 0.1) is 6.92 Å². The quantitative estimate of drug-likeness (QED) is 0.539. The Hall–Kier alpha value is -2.41. The van der Waals surface area contributed by atoms with Gasteiger partial charge in [-0.1, -0.05) is 42.1 Å². The standard InChI is InChI=1S/C23H27BrN4O2/c1-3-6-15-9-14(2)26-22(29)20(15)13-28(17-7-4-5-8-17)23(30)18-10-16(24)11-21-19(18)12-25-27-21/h9-12,17H,3-8,13H2,1-2H3,(H,25,27)(H,26,29). The number of carbonyl (C=O) groups excluding carboxylic acids is 1. The number of hydrogen-bond donors (Lipinski definition) is 2. The average Bonchev–Trinajstić information content (AvgIpc) is 3.38. The highest BCUT2D eigenvalue weighted by atomic mass is 79.9. The van der Waals surface area contributed by atoms with E-state index in [0.717, 1.165) is 65.2 Å². The topological polar surface area (TPSA) is 81.9 Å². The maximum atomic E-state index is 13.8. The lowest BCUT2D eigenvalue weighted by Gasteiger charge is -2.30. The summed E-state index contributed by atoms with van der Waals surface area (Å²) in [7, 11) is 0. The Balaban J connectivity index is 1.77. The highest BCUT2D eigenvalue weighted by Gasteiger charge is 2.30. The Morgan fingerprint density at radius 3 is 2.77 bits per heavy atom. The number of benzene rings is 1. The first-order valence-corrected chi connectivity index (χ1v) is 11.4. The Bertz CT molecular complexity index is 1130. The van der Waals surface area contributed by atoms with E-state index in [0.29, 0.717) is 17.7 Å². The van der Waals surface area contributed by atoms with Crippen LogP contribution in [0.1, 0.15) is 66.2 Å². The van der Waals surface area contributed by atoms with Gasteiger partial charge >= 0.3 is 0 Å². The molecule has 1 saturated carbocycles. The Kier molecular flexibility index (Phi) is 6.09. The summed E-state index contributed by atoms with van der Waals surface area (Å²) in [5.74, 6) is -0.0444. The molecule has 30 heavy (non-hydrogen) atoms. The summed E-state index contributed by atoms with van der Waals surface area (Å²) in [6, 6.07) is 5.97. The molecule has 2 N–H and O–H groups in total. The summed E-state index contributed by atoms with van der Waals surface area (Å²) in [4.78, 5) is 31.5. The molecule has 1 aliphatic carbocycles. The number of aryl methyl sites for hydroxylation is 2. The lowest BCUT2D eigenvalue weighted by atomic mass is 10.0. The molecule has 0 bridgehead atoms. The molecule has 0 saturated heterocycles. The zero-order chi connectivity index (χ0) is 21.3. The maximum absolute atomic E-state index is 13.8. The van der Waals surface area contributed by atoms with E-state index >= 15 is 0 Å². The molecule has 7 heteroatoms. The number of aromatic nitrogens is 3. The van der Waals surface area contributed by atoms with Crippen LogP contribution in [0.25, 0.3) is 10.9 Å². The van der Waals surface area contributed by atoms with E-state index in [1.165, 1.54) is 0 Å². The molecule has 1 fully saturated rings. The first-order chi connectivity index (χ1) is 14.5. The molecule has 2 heterocycles. The number of carbonyl (C=O) groups is 1. The SMILES string of the molecule is CCCc1cc(C)[nH]c(=O)c1CN(C(=O)c1cc(Br)cc2[nH]ncc12)C1CCCC1. The summed E-state index contributed by atoms with van der Waals surface area (Å²) in [5, 5.41) is 7.87. The van der Waals surface area contributed by atoms with Crippen LogP contribution < -0.4 is 5.56 Å². The summed E-state index contributed by atoms with van der Waals surface area (Å²) in [5.41, 5.74) is 3.95. The van der Waals surface area contributed by atoms with Crippen LogP contribution in [0.4, 0.5) is 0 Å². The molecule has 1 amide bonds. The number of aromatic amines is 2. The summed E-state index contributed by atoms with van der Waals surface area (Å²) >= 11 is 3.51. The van der Waals surface area contributed by atoms with Crippen molar-refractivity contribution in [3.8, 4) is 0 Å². The van der Waals surface area contributed by atoms with Gasteiger partial charge in [0, 0.05) is 27.2 Å². The fourth-order valence-corrected chi connectivity index (χ4v) is 5.01. The fourth-order valence-electron chi connectivity index (χ4n) is 4.55. The summed E-state index contributed by atoms with van der Waals surface area (Å²) in [6.45, 7) is 4.35. The Labute approximate surface area is 184 Å². The van der Waals surface area contributed by atoms with Crippen molar-refractivity contribution >= 4 is 32.7 Å². The van der Waals surface area contributed by atoms with E-state index in [9.17, 15) is 9.59 Å². The van der Waals surface area contributed by atoms with Gasteiger partial charge in [0.1, 0.15) is 0 Å². The summed E-state index contributed by atoms with van der Waals surface area (Å²) in [6.07, 6.45) is 7.65. The van der Waals surface area contributed by atoms with Gasteiger partial charge < -0.3 is 9.88 Å². The van der Waals surface area contributed by atoms with Gasteiger partial charge in [-0.15, -0.1) is 0 Å². The molecule has 0 atom stereocenters. The van der Waals surface area contributed by atoms with Crippen LogP contribution in [0.2, 0.25) is 0 Å². The molecule has 0 radical (unpaired) electrons. The van der Waals surface area contributed by atoms with Gasteiger partial charge in [-0.3, -0.25) is 14.7 Å². The van der Waals surface area contributed by atoms with E-state index in [2.05, 4.69) is 38.0 Å². The van der Waals surface area contributed by atoms with Gasteiger partial charge in [0.25, 0.3) is 11.5 Å². The number of hydrogen-bond acceptors (Lipinski definition) is 3. The molecule has 1 aliphatic rings. The smallest absolute Gasteiger partial charge is 0.255 e. The van der Waals surface area contributed by atoms with Crippen LogP contribution in [0.3, 0.4) is 0 Å². The van der Waals surface area contributed by atoms with Crippen LogP contribution in [0.5, 0.6) is 0 Å². The van der Waals surface area contributed by atoms with E-state index in [1.807, 2.05) is 30.0 Å². The summed E-state index contributed by atoms with van der Waals surface area (Å²) < 4.78 is 0.828. The van der Waals surface area contributed by atoms with Crippen LogP contribution in [-0.2, 0) is 13.0 Å². The van der Waals surface area contributed by atoms with Crippen molar-refractivity contribution < 1.29 is 4.79 Å². The molecule has 6 nitrogen and oxygen atoms in total. The molecule has 158 valence electrons. The Morgan fingerprint density at radius 1 is 1.27 bits per heavy atom. The molecule has 4 rings (SSSR count). The second kappa shape index (κ2) is 8.76.